The third kappa shape index (κ3) is 5.17. The predicted molar refractivity (Wildman–Crippen MR) is 114 cm³/mol. The number of aliphatic carboxylic acids is 1. The normalized spacial score (nSPS) is 11.9. The summed E-state index contributed by atoms with van der Waals surface area (Å²) in [7, 11) is 0. The van der Waals surface area contributed by atoms with E-state index in [1.54, 1.807) is 6.92 Å². The van der Waals surface area contributed by atoms with Crippen LogP contribution in [-0.2, 0) is 17.9 Å². The molecule has 0 spiro atoms. The minimum absolute atomic E-state index is 0.0105. The van der Waals surface area contributed by atoms with Gasteiger partial charge >= 0.3 is 5.97 Å². The summed E-state index contributed by atoms with van der Waals surface area (Å²) in [6, 6.07) is 11.6. The highest BCUT2D eigenvalue weighted by Gasteiger charge is 2.13. The molecule has 150 valence electrons. The molecular weight excluding hydrogens is 364 g/mol. The van der Waals surface area contributed by atoms with Crippen LogP contribution < -0.4 is 4.74 Å². The summed E-state index contributed by atoms with van der Waals surface area (Å²) in [6.45, 7) is 7.47. The molecule has 3 rings (SSSR count). The zero-order valence-corrected chi connectivity index (χ0v) is 17.1. The van der Waals surface area contributed by atoms with E-state index >= 15 is 0 Å². The molecule has 1 aromatic carbocycles. The van der Waals surface area contributed by atoms with E-state index in [9.17, 15) is 4.79 Å². The van der Waals surface area contributed by atoms with Crippen molar-refractivity contribution in [3.05, 3.63) is 59.9 Å². The van der Waals surface area contributed by atoms with Gasteiger partial charge in [0.2, 0.25) is 0 Å². The molecule has 0 saturated heterocycles. The molecule has 0 aliphatic carbocycles. The van der Waals surface area contributed by atoms with Gasteiger partial charge in [0.1, 0.15) is 18.0 Å². The first kappa shape index (κ1) is 20.5. The van der Waals surface area contributed by atoms with Gasteiger partial charge in [-0.2, -0.15) is 0 Å². The number of nitrogens with zero attached hydrogens (tertiary/aromatic N) is 2. The van der Waals surface area contributed by atoms with Crippen molar-refractivity contribution in [1.82, 2.24) is 9.55 Å². The van der Waals surface area contributed by atoms with Crippen molar-refractivity contribution in [2.24, 2.45) is 5.92 Å². The van der Waals surface area contributed by atoms with E-state index in [1.165, 1.54) is 0 Å². The smallest absolute Gasteiger partial charge is 0.304 e. The van der Waals surface area contributed by atoms with Crippen LogP contribution in [0.15, 0.2) is 48.8 Å². The molecule has 0 bridgehead atoms. The van der Waals surface area contributed by atoms with Crippen LogP contribution in [0.2, 0.25) is 0 Å². The van der Waals surface area contributed by atoms with Crippen LogP contribution in [0.4, 0.5) is 0 Å². The van der Waals surface area contributed by atoms with E-state index in [1.807, 2.05) is 36.5 Å². The van der Waals surface area contributed by atoms with Gasteiger partial charge < -0.3 is 14.4 Å². The largest absolute Gasteiger partial charge is 0.489 e. The molecule has 3 aromatic rings. The van der Waals surface area contributed by atoms with Crippen LogP contribution in [-0.4, -0.2) is 20.6 Å². The number of carboxylic acids is 1. The minimum Gasteiger partial charge on any atom is -0.489 e. The average molecular weight is 390 g/mol. The second kappa shape index (κ2) is 9.29. The Labute approximate surface area is 171 Å². The maximum absolute atomic E-state index is 11.1. The Balaban J connectivity index is 1.72. The van der Waals surface area contributed by atoms with Gasteiger partial charge in [-0.15, -0.1) is 5.92 Å². The Morgan fingerprint density at radius 1 is 1.21 bits per heavy atom. The van der Waals surface area contributed by atoms with E-state index in [4.69, 9.17) is 9.84 Å². The maximum atomic E-state index is 11.1. The minimum atomic E-state index is -0.857. The number of aromatic nitrogens is 2. The van der Waals surface area contributed by atoms with Crippen molar-refractivity contribution >= 4 is 17.0 Å². The Morgan fingerprint density at radius 2 is 1.97 bits per heavy atom. The number of hydrogen-bond acceptors (Lipinski definition) is 3. The van der Waals surface area contributed by atoms with E-state index in [2.05, 4.69) is 47.5 Å². The van der Waals surface area contributed by atoms with Gasteiger partial charge in [0.15, 0.2) is 0 Å². The number of rotatable bonds is 8. The number of benzene rings is 1. The molecule has 2 heterocycles. The second-order valence-corrected chi connectivity index (χ2v) is 7.47. The predicted octanol–water partition coefficient (Wildman–Crippen LogP) is 4.85. The van der Waals surface area contributed by atoms with Crippen LogP contribution in [0.1, 0.15) is 44.2 Å². The van der Waals surface area contributed by atoms with Gasteiger partial charge in [0, 0.05) is 29.9 Å². The van der Waals surface area contributed by atoms with E-state index in [-0.39, 0.29) is 12.3 Å². The highest BCUT2D eigenvalue weighted by atomic mass is 16.5. The molecular formula is C24H26N2O3. The highest BCUT2D eigenvalue weighted by Crippen LogP contribution is 2.24. The summed E-state index contributed by atoms with van der Waals surface area (Å²) >= 11 is 0. The first-order chi connectivity index (χ1) is 14.0. The molecule has 29 heavy (non-hydrogen) atoms. The molecule has 2 aromatic heterocycles. The van der Waals surface area contributed by atoms with Crippen molar-refractivity contribution < 1.29 is 14.6 Å². The Bertz CT molecular complexity index is 1040. The van der Waals surface area contributed by atoms with E-state index in [0.717, 1.165) is 34.5 Å². The molecule has 5 nitrogen and oxygen atoms in total. The third-order valence-electron chi connectivity index (χ3n) is 4.69. The SMILES string of the molecule is CC#C[C@@H](CC(=O)O)c1ccc(OCc2ccnc3c2ccn3CC(C)C)cc1. The topological polar surface area (TPSA) is 64.3 Å². The van der Waals surface area contributed by atoms with Crippen LogP contribution >= 0.6 is 0 Å². The lowest BCUT2D eigenvalue weighted by Gasteiger charge is -2.11. The fourth-order valence-electron chi connectivity index (χ4n) is 3.37. The fraction of sp³-hybridized carbons (Fsp3) is 0.333. The van der Waals surface area contributed by atoms with Gasteiger partial charge in [0.25, 0.3) is 0 Å². The maximum Gasteiger partial charge on any atom is 0.304 e. The summed E-state index contributed by atoms with van der Waals surface area (Å²) in [5, 5.41) is 10.2. The number of carbonyl (C=O) groups is 1. The molecule has 1 atom stereocenters. The number of hydrogen-bond donors (Lipinski definition) is 1. The first-order valence-electron chi connectivity index (χ1n) is 9.77. The highest BCUT2D eigenvalue weighted by molar-refractivity contribution is 5.79. The number of carboxylic acid groups (broad SMARTS) is 1. The van der Waals surface area contributed by atoms with Crippen LogP contribution in [0.5, 0.6) is 5.75 Å². The van der Waals surface area contributed by atoms with Gasteiger partial charge in [-0.1, -0.05) is 31.9 Å². The van der Waals surface area contributed by atoms with Crippen molar-refractivity contribution in [1.29, 1.82) is 0 Å². The molecule has 0 aliphatic heterocycles. The average Bonchev–Trinajstić information content (AvgIpc) is 3.09. The zero-order valence-electron chi connectivity index (χ0n) is 17.1. The van der Waals surface area contributed by atoms with Gasteiger partial charge in [-0.05, 0) is 42.7 Å². The molecule has 1 N–H and O–H groups in total. The van der Waals surface area contributed by atoms with Crippen molar-refractivity contribution in [3.8, 4) is 17.6 Å². The molecule has 0 fully saturated rings. The summed E-state index contributed by atoms with van der Waals surface area (Å²) in [6.07, 6.45) is 3.89. The number of pyridine rings is 1. The van der Waals surface area contributed by atoms with Crippen LogP contribution in [0.25, 0.3) is 11.0 Å². The summed E-state index contributed by atoms with van der Waals surface area (Å²) in [5.74, 6) is 5.89. The monoisotopic (exact) mass is 390 g/mol. The van der Waals surface area contributed by atoms with Crippen molar-refractivity contribution in [2.45, 2.75) is 46.3 Å². The third-order valence-corrected chi connectivity index (χ3v) is 4.69. The standard InChI is InChI=1S/C24H26N2O3/c1-4-5-19(14-23(27)28)18-6-8-21(9-7-18)29-16-20-10-12-25-24-22(20)11-13-26(24)15-17(2)3/h6-13,17,19H,14-16H2,1-3H3,(H,27,28)/t19-/m0/s1. The molecule has 0 saturated carbocycles. The Hall–Kier alpha value is -3.26. The lowest BCUT2D eigenvalue weighted by atomic mass is 9.96. The Morgan fingerprint density at radius 3 is 2.62 bits per heavy atom. The van der Waals surface area contributed by atoms with Crippen LogP contribution in [0, 0.1) is 17.8 Å². The number of fused-ring (bicyclic) bond motifs is 1. The summed E-state index contributed by atoms with van der Waals surface area (Å²) in [5.41, 5.74) is 2.94. The second-order valence-electron chi connectivity index (χ2n) is 7.47. The van der Waals surface area contributed by atoms with Crippen molar-refractivity contribution in [2.75, 3.05) is 0 Å². The molecule has 0 radical (unpaired) electrons. The fourth-order valence-corrected chi connectivity index (χ4v) is 3.37. The van der Waals surface area contributed by atoms with Crippen molar-refractivity contribution in [3.63, 3.8) is 0 Å². The lowest BCUT2D eigenvalue weighted by Crippen LogP contribution is -2.05. The summed E-state index contributed by atoms with van der Waals surface area (Å²) in [4.78, 5) is 15.6. The van der Waals surface area contributed by atoms with E-state index in [0.29, 0.717) is 12.5 Å². The summed E-state index contributed by atoms with van der Waals surface area (Å²) < 4.78 is 8.15. The molecule has 0 amide bonds. The van der Waals surface area contributed by atoms with Gasteiger partial charge in [0.05, 0.1) is 12.3 Å². The molecule has 0 aliphatic rings. The molecule has 5 heteroatoms. The van der Waals surface area contributed by atoms with Gasteiger partial charge in [-0.25, -0.2) is 4.98 Å². The molecule has 0 unspecified atom stereocenters. The lowest BCUT2D eigenvalue weighted by molar-refractivity contribution is -0.137. The first-order valence-corrected chi connectivity index (χ1v) is 9.77. The zero-order chi connectivity index (χ0) is 20.8. The quantitative estimate of drug-likeness (QED) is 0.558. The van der Waals surface area contributed by atoms with Gasteiger partial charge in [-0.3, -0.25) is 4.79 Å². The number of ether oxygens (including phenoxy) is 1. The van der Waals surface area contributed by atoms with Crippen LogP contribution in [0.3, 0.4) is 0 Å². The Kier molecular flexibility index (Phi) is 6.56. The van der Waals surface area contributed by atoms with E-state index < -0.39 is 5.97 Å².